The zero-order valence-electron chi connectivity index (χ0n) is 13.5. The number of ether oxygens (including phenoxy) is 3. The zero-order valence-corrected chi connectivity index (χ0v) is 13.5. The molecule has 26 heavy (non-hydrogen) atoms. The van der Waals surface area contributed by atoms with Crippen LogP contribution in [0.25, 0.3) is 11.1 Å². The zero-order chi connectivity index (χ0) is 19.8. The van der Waals surface area contributed by atoms with E-state index in [0.717, 1.165) is 26.4 Å². The molecule has 0 bridgehead atoms. The Labute approximate surface area is 142 Å². The highest BCUT2D eigenvalue weighted by atomic mass is 19.4. The Hall–Kier alpha value is -2.65. The summed E-state index contributed by atoms with van der Waals surface area (Å²) in [4.78, 5) is 0. The van der Waals surface area contributed by atoms with E-state index < -0.39 is 46.1 Å². The molecule has 0 saturated heterocycles. The van der Waals surface area contributed by atoms with E-state index in [9.17, 15) is 30.7 Å². The largest absolute Gasteiger partial charge is 0.496 e. The maximum atomic E-state index is 14.3. The van der Waals surface area contributed by atoms with Gasteiger partial charge in [0.05, 0.1) is 32.5 Å². The van der Waals surface area contributed by atoms with Gasteiger partial charge in [0.25, 0.3) is 0 Å². The standard InChI is InChI=1S/C16H11F7O3/c1-24-6-4-7(25-2)9(8(5-6)26-3)10-12(17)14(19)11(16(21,22)23)15(20)13(10)18/h4-5H,1-3H3. The Balaban J connectivity index is 2.95. The molecule has 10 heteroatoms. The lowest BCUT2D eigenvalue weighted by Crippen LogP contribution is -2.16. The molecule has 0 heterocycles. The monoisotopic (exact) mass is 384 g/mol. The molecule has 0 unspecified atom stereocenters. The molecule has 0 radical (unpaired) electrons. The lowest BCUT2D eigenvalue weighted by Gasteiger charge is -2.18. The van der Waals surface area contributed by atoms with Gasteiger partial charge in [-0.1, -0.05) is 0 Å². The van der Waals surface area contributed by atoms with Gasteiger partial charge in [-0.05, 0) is 0 Å². The molecule has 2 aromatic rings. The number of methoxy groups -OCH3 is 3. The predicted molar refractivity (Wildman–Crippen MR) is 76.4 cm³/mol. The van der Waals surface area contributed by atoms with Crippen molar-refractivity contribution in [2.24, 2.45) is 0 Å². The summed E-state index contributed by atoms with van der Waals surface area (Å²) in [6.07, 6.45) is -5.64. The first-order valence-electron chi connectivity index (χ1n) is 6.81. The van der Waals surface area contributed by atoms with E-state index in [1.165, 1.54) is 7.11 Å². The van der Waals surface area contributed by atoms with Gasteiger partial charge in [-0.15, -0.1) is 0 Å². The van der Waals surface area contributed by atoms with Crippen LogP contribution in [0.5, 0.6) is 17.2 Å². The minimum Gasteiger partial charge on any atom is -0.496 e. The fraction of sp³-hybridized carbons (Fsp3) is 0.250. The van der Waals surface area contributed by atoms with Gasteiger partial charge in [-0.25, -0.2) is 17.6 Å². The quantitative estimate of drug-likeness (QED) is 0.551. The van der Waals surface area contributed by atoms with Crippen LogP contribution in [-0.2, 0) is 6.18 Å². The van der Waals surface area contributed by atoms with Crippen LogP contribution in [0, 0.1) is 23.3 Å². The molecule has 0 N–H and O–H groups in total. The fourth-order valence-electron chi connectivity index (χ4n) is 2.35. The minimum absolute atomic E-state index is 0.108. The van der Waals surface area contributed by atoms with Crippen molar-refractivity contribution in [1.82, 2.24) is 0 Å². The normalized spacial score (nSPS) is 11.5. The highest BCUT2D eigenvalue weighted by molar-refractivity contribution is 5.79. The topological polar surface area (TPSA) is 27.7 Å². The molecule has 3 nitrogen and oxygen atoms in total. The van der Waals surface area contributed by atoms with Crippen molar-refractivity contribution in [3.63, 3.8) is 0 Å². The van der Waals surface area contributed by atoms with Crippen LogP contribution >= 0.6 is 0 Å². The Morgan fingerprint density at radius 2 is 1.08 bits per heavy atom. The number of alkyl halides is 3. The van der Waals surface area contributed by atoms with E-state index >= 15 is 0 Å². The molecule has 142 valence electrons. The maximum Gasteiger partial charge on any atom is 0.422 e. The average molecular weight is 384 g/mol. The summed E-state index contributed by atoms with van der Waals surface area (Å²) in [6.45, 7) is 0. The van der Waals surface area contributed by atoms with E-state index in [1.54, 1.807) is 0 Å². The lowest BCUT2D eigenvalue weighted by atomic mass is 9.98. The predicted octanol–water partition coefficient (Wildman–Crippen LogP) is 4.95. The van der Waals surface area contributed by atoms with E-state index in [1.807, 2.05) is 0 Å². The van der Waals surface area contributed by atoms with E-state index in [0.29, 0.717) is 0 Å². The van der Waals surface area contributed by atoms with Crippen LogP contribution < -0.4 is 14.2 Å². The number of rotatable bonds is 4. The van der Waals surface area contributed by atoms with Gasteiger partial charge < -0.3 is 14.2 Å². The minimum atomic E-state index is -5.64. The molecular weight excluding hydrogens is 373 g/mol. The Kier molecular flexibility index (Phi) is 5.24. The summed E-state index contributed by atoms with van der Waals surface area (Å²) in [7, 11) is 3.40. The lowest BCUT2D eigenvalue weighted by molar-refractivity contribution is -0.143. The van der Waals surface area contributed by atoms with E-state index in [2.05, 4.69) is 0 Å². The van der Waals surface area contributed by atoms with Gasteiger partial charge >= 0.3 is 6.18 Å². The molecule has 0 atom stereocenters. The van der Waals surface area contributed by atoms with Crippen LogP contribution in [0.15, 0.2) is 12.1 Å². The maximum absolute atomic E-state index is 14.3. The molecule has 0 spiro atoms. The second kappa shape index (κ2) is 6.93. The Morgan fingerprint density at radius 1 is 0.654 bits per heavy atom. The van der Waals surface area contributed by atoms with Crippen molar-refractivity contribution < 1.29 is 44.9 Å². The van der Waals surface area contributed by atoms with Crippen molar-refractivity contribution in [2.45, 2.75) is 6.18 Å². The molecular formula is C16H11F7O3. The van der Waals surface area contributed by atoms with Gasteiger partial charge in [0, 0.05) is 12.1 Å². The third-order valence-corrected chi connectivity index (χ3v) is 3.51. The van der Waals surface area contributed by atoms with Gasteiger partial charge in [0.15, 0.2) is 23.3 Å². The van der Waals surface area contributed by atoms with Gasteiger partial charge in [-0.3, -0.25) is 0 Å². The number of hydrogen-bond donors (Lipinski definition) is 0. The molecule has 0 aliphatic rings. The fourth-order valence-corrected chi connectivity index (χ4v) is 2.35. The molecule has 2 aromatic carbocycles. The van der Waals surface area contributed by atoms with Crippen molar-refractivity contribution in [3.05, 3.63) is 41.0 Å². The third-order valence-electron chi connectivity index (χ3n) is 3.51. The summed E-state index contributed by atoms with van der Waals surface area (Å²) in [5.74, 6) is -10.2. The molecule has 0 aliphatic heterocycles. The first kappa shape index (κ1) is 19.7. The molecule has 0 amide bonds. The SMILES string of the molecule is COc1cc(OC)c(-c2c(F)c(F)c(C(F)(F)F)c(F)c2F)c(OC)c1. The molecule has 2 rings (SSSR count). The summed E-state index contributed by atoms with van der Waals surface area (Å²) in [5.41, 5.74) is -4.68. The van der Waals surface area contributed by atoms with Crippen LogP contribution in [-0.4, -0.2) is 21.3 Å². The van der Waals surface area contributed by atoms with Gasteiger partial charge in [0.2, 0.25) is 0 Å². The van der Waals surface area contributed by atoms with Gasteiger partial charge in [-0.2, -0.15) is 13.2 Å². The van der Waals surface area contributed by atoms with Crippen LogP contribution in [0.3, 0.4) is 0 Å². The molecule has 0 aromatic heterocycles. The first-order chi connectivity index (χ1) is 12.1. The highest BCUT2D eigenvalue weighted by Gasteiger charge is 2.43. The molecule has 0 aliphatic carbocycles. The van der Waals surface area contributed by atoms with Crippen LogP contribution in [0.4, 0.5) is 30.7 Å². The summed E-state index contributed by atoms with van der Waals surface area (Å²) < 4.78 is 109. The smallest absolute Gasteiger partial charge is 0.422 e. The van der Waals surface area contributed by atoms with E-state index in [4.69, 9.17) is 14.2 Å². The molecule has 0 saturated carbocycles. The molecule has 0 fully saturated rings. The summed E-state index contributed by atoms with van der Waals surface area (Å²) in [6, 6.07) is 2.23. The van der Waals surface area contributed by atoms with Crippen molar-refractivity contribution >= 4 is 0 Å². The second-order valence-electron chi connectivity index (χ2n) is 4.91. The van der Waals surface area contributed by atoms with E-state index in [-0.39, 0.29) is 17.2 Å². The number of benzene rings is 2. The Morgan fingerprint density at radius 3 is 1.38 bits per heavy atom. The summed E-state index contributed by atoms with van der Waals surface area (Å²) in [5, 5.41) is 0. The van der Waals surface area contributed by atoms with Crippen molar-refractivity contribution in [3.8, 4) is 28.4 Å². The summed E-state index contributed by atoms with van der Waals surface area (Å²) >= 11 is 0. The first-order valence-corrected chi connectivity index (χ1v) is 6.81. The second-order valence-corrected chi connectivity index (χ2v) is 4.91. The third kappa shape index (κ3) is 3.11. The highest BCUT2D eigenvalue weighted by Crippen LogP contribution is 2.46. The number of hydrogen-bond acceptors (Lipinski definition) is 3. The van der Waals surface area contributed by atoms with Crippen LogP contribution in [0.1, 0.15) is 5.56 Å². The van der Waals surface area contributed by atoms with Gasteiger partial charge in [0.1, 0.15) is 22.8 Å². The number of halogens is 7. The Bertz CT molecular complexity index is 793. The van der Waals surface area contributed by atoms with Crippen LogP contribution in [0.2, 0.25) is 0 Å². The average Bonchev–Trinajstić information content (AvgIpc) is 2.58. The van der Waals surface area contributed by atoms with Crippen molar-refractivity contribution in [2.75, 3.05) is 21.3 Å². The van der Waals surface area contributed by atoms with Crippen molar-refractivity contribution in [1.29, 1.82) is 0 Å².